The molecule has 0 aromatic carbocycles. The summed E-state index contributed by atoms with van der Waals surface area (Å²) in [6.07, 6.45) is 3.13. The van der Waals surface area contributed by atoms with Crippen LogP contribution in [0.3, 0.4) is 0 Å². The fraction of sp³-hybridized carbons (Fsp3) is 0.848. The lowest BCUT2D eigenvalue weighted by atomic mass is 10.2. The Hall–Kier alpha value is -3.14. The van der Waals surface area contributed by atoms with Crippen LogP contribution in [0.25, 0.3) is 0 Å². The third kappa shape index (κ3) is 36.3. The highest BCUT2D eigenvalue weighted by molar-refractivity contribution is 7.47. The number of phosphoric ester groups is 1. The Morgan fingerprint density at radius 2 is 1.05 bits per heavy atom. The first kappa shape index (κ1) is 51.9. The Bertz CT molecular complexity index is 1020. The van der Waals surface area contributed by atoms with Crippen molar-refractivity contribution < 1.29 is 80.4 Å². The smallest absolute Gasteiger partial charge is 0.463 e. The van der Waals surface area contributed by atoms with Crippen molar-refractivity contribution in [3.05, 3.63) is 0 Å². The molecule has 55 heavy (non-hydrogen) atoms. The van der Waals surface area contributed by atoms with E-state index in [0.717, 1.165) is 32.8 Å². The van der Waals surface area contributed by atoms with Crippen LogP contribution in [0, 0.1) is 0 Å². The summed E-state index contributed by atoms with van der Waals surface area (Å²) in [6.45, 7) is 6.20. The highest BCUT2D eigenvalue weighted by Gasteiger charge is 2.17. The largest absolute Gasteiger partial charge is 0.471 e. The number of carbonyl (C=O) groups excluding carboxylic acids is 5. The first-order valence-electron chi connectivity index (χ1n) is 18.5. The number of nitrogens with zero attached hydrogens (tertiary/aromatic N) is 1. The summed E-state index contributed by atoms with van der Waals surface area (Å²) in [6, 6.07) is 0. The van der Waals surface area contributed by atoms with Gasteiger partial charge in [-0.05, 0) is 25.7 Å². The van der Waals surface area contributed by atoms with Gasteiger partial charge in [0.05, 0.1) is 66.0 Å². The Morgan fingerprint density at radius 3 is 1.55 bits per heavy atom. The Kier molecular flexibility index (Phi) is 34.4. The molecule has 1 atom stereocenters. The number of hydrogen-bond donors (Lipinski definition) is 4. The number of carbonyl (C=O) groups is 5. The molecule has 0 bridgehead atoms. The number of esters is 2. The standard InChI is InChI=1S/C33H63N4O17P/c1-4-15-52-32(41)35-11-18-46-22-24-48-27-30(39)50-20-13-37(26-29(38)34-10-8-6-7-9-17-54-55(43,44)45-3)14-21-51-31(40)28-49-25-23-47-19-12-36-33(42)53-16-5-2/h4-28H2,1-3H3,(H,34,38)(H,35,41)(H,36,42)(H,43,44). The first-order valence-corrected chi connectivity index (χ1v) is 20.0. The number of hydrogen-bond acceptors (Lipinski definition) is 17. The molecule has 22 heteroatoms. The van der Waals surface area contributed by atoms with Crippen molar-refractivity contribution in [2.24, 2.45) is 0 Å². The van der Waals surface area contributed by atoms with Crippen molar-refractivity contribution in [3.8, 4) is 0 Å². The number of ether oxygens (including phenoxy) is 8. The van der Waals surface area contributed by atoms with Crippen molar-refractivity contribution in [1.29, 1.82) is 0 Å². The van der Waals surface area contributed by atoms with Crippen LogP contribution in [0.15, 0.2) is 0 Å². The molecule has 0 saturated carbocycles. The molecule has 4 N–H and O–H groups in total. The lowest BCUT2D eigenvalue weighted by Crippen LogP contribution is -2.41. The maximum absolute atomic E-state index is 12.6. The monoisotopic (exact) mass is 818 g/mol. The van der Waals surface area contributed by atoms with Gasteiger partial charge < -0.3 is 58.7 Å². The fourth-order valence-electron chi connectivity index (χ4n) is 3.92. The summed E-state index contributed by atoms with van der Waals surface area (Å²) < 4.78 is 61.8. The van der Waals surface area contributed by atoms with Crippen molar-refractivity contribution in [3.63, 3.8) is 0 Å². The van der Waals surface area contributed by atoms with Gasteiger partial charge in [0.25, 0.3) is 0 Å². The first-order chi connectivity index (χ1) is 26.5. The molecular formula is C33H63N4O17P. The van der Waals surface area contributed by atoms with E-state index in [9.17, 15) is 33.4 Å². The summed E-state index contributed by atoms with van der Waals surface area (Å²) in [4.78, 5) is 70.5. The van der Waals surface area contributed by atoms with Crippen LogP contribution in [-0.2, 0) is 65.9 Å². The average molecular weight is 819 g/mol. The van der Waals surface area contributed by atoms with Crippen molar-refractivity contribution in [1.82, 2.24) is 20.9 Å². The molecule has 0 aliphatic carbocycles. The van der Waals surface area contributed by atoms with Gasteiger partial charge in [0.1, 0.15) is 26.4 Å². The van der Waals surface area contributed by atoms with E-state index in [1.807, 2.05) is 13.8 Å². The molecule has 3 amide bonds. The maximum Gasteiger partial charge on any atom is 0.471 e. The molecule has 0 heterocycles. The molecule has 0 spiro atoms. The van der Waals surface area contributed by atoms with Gasteiger partial charge in [-0.3, -0.25) is 18.7 Å². The molecule has 0 aliphatic heterocycles. The van der Waals surface area contributed by atoms with Crippen LogP contribution in [0.5, 0.6) is 0 Å². The van der Waals surface area contributed by atoms with Crippen LogP contribution >= 0.6 is 7.82 Å². The van der Waals surface area contributed by atoms with E-state index < -0.39 is 31.9 Å². The number of phosphoric acid groups is 1. The summed E-state index contributed by atoms with van der Waals surface area (Å²) in [5.74, 6) is -1.51. The normalized spacial score (nSPS) is 12.1. The Labute approximate surface area is 323 Å². The topological polar surface area (TPSA) is 254 Å². The van der Waals surface area contributed by atoms with Gasteiger partial charge in [-0.2, -0.15) is 0 Å². The second-order valence-electron chi connectivity index (χ2n) is 11.4. The number of nitrogens with one attached hydrogen (secondary N) is 3. The van der Waals surface area contributed by atoms with Crippen molar-refractivity contribution in [2.45, 2.75) is 52.4 Å². The molecule has 0 aromatic heterocycles. The molecule has 0 radical (unpaired) electrons. The predicted octanol–water partition coefficient (Wildman–Crippen LogP) is 1.15. The molecule has 0 rings (SSSR count). The zero-order valence-corrected chi connectivity index (χ0v) is 33.4. The number of rotatable bonds is 37. The SMILES string of the molecule is CCCOC(=O)NCCOCCOCC(=O)OCCN(CCOC(=O)COCCOCCNC(=O)OCCC)CC(=O)NCCCCCCOP(=O)(O)OC. The molecule has 0 fully saturated rings. The van der Waals surface area contributed by atoms with Crippen molar-refractivity contribution in [2.75, 3.05) is 132 Å². The number of amides is 3. The van der Waals surface area contributed by atoms with Gasteiger partial charge in [0, 0.05) is 39.8 Å². The van der Waals surface area contributed by atoms with E-state index in [-0.39, 0.29) is 111 Å². The van der Waals surface area contributed by atoms with E-state index >= 15 is 0 Å². The summed E-state index contributed by atoms with van der Waals surface area (Å²) in [5.41, 5.74) is 0. The zero-order valence-electron chi connectivity index (χ0n) is 32.6. The van der Waals surface area contributed by atoms with Crippen LogP contribution in [-0.4, -0.2) is 172 Å². The fourth-order valence-corrected chi connectivity index (χ4v) is 4.39. The molecule has 0 aromatic rings. The van der Waals surface area contributed by atoms with Gasteiger partial charge >= 0.3 is 31.9 Å². The van der Waals surface area contributed by atoms with Crippen LogP contribution in [0.2, 0.25) is 0 Å². The molecule has 0 aliphatic rings. The van der Waals surface area contributed by atoms with Gasteiger partial charge in [-0.15, -0.1) is 0 Å². The lowest BCUT2D eigenvalue weighted by Gasteiger charge is -2.21. The minimum atomic E-state index is -3.99. The average Bonchev–Trinajstić information content (AvgIpc) is 3.16. The molecule has 1 unspecified atom stereocenters. The Balaban J connectivity index is 4.42. The molecule has 0 saturated heterocycles. The minimum Gasteiger partial charge on any atom is -0.463 e. The third-order valence-electron chi connectivity index (χ3n) is 6.68. The lowest BCUT2D eigenvalue weighted by molar-refractivity contribution is -0.150. The van der Waals surface area contributed by atoms with Crippen molar-refractivity contribution >= 4 is 37.9 Å². The van der Waals surface area contributed by atoms with Gasteiger partial charge in [-0.25, -0.2) is 23.7 Å². The second kappa shape index (κ2) is 36.5. The summed E-state index contributed by atoms with van der Waals surface area (Å²) in [5, 5.41) is 7.90. The van der Waals surface area contributed by atoms with E-state index in [4.69, 9.17) is 42.4 Å². The zero-order chi connectivity index (χ0) is 40.8. The summed E-state index contributed by atoms with van der Waals surface area (Å²) >= 11 is 0. The quantitative estimate of drug-likeness (QED) is 0.0297. The number of alkyl carbamates (subject to hydrolysis) is 2. The predicted molar refractivity (Wildman–Crippen MR) is 195 cm³/mol. The molecule has 21 nitrogen and oxygen atoms in total. The van der Waals surface area contributed by atoms with E-state index in [1.54, 1.807) is 4.90 Å². The van der Waals surface area contributed by atoms with E-state index in [0.29, 0.717) is 32.6 Å². The third-order valence-corrected chi connectivity index (χ3v) is 7.65. The maximum atomic E-state index is 12.6. The highest BCUT2D eigenvalue weighted by Crippen LogP contribution is 2.41. The van der Waals surface area contributed by atoms with Crippen LogP contribution in [0.4, 0.5) is 9.59 Å². The van der Waals surface area contributed by atoms with Gasteiger partial charge in [0.15, 0.2) is 0 Å². The second-order valence-corrected chi connectivity index (χ2v) is 13.0. The summed E-state index contributed by atoms with van der Waals surface area (Å²) in [7, 11) is -2.89. The highest BCUT2D eigenvalue weighted by atomic mass is 31.2. The Morgan fingerprint density at radius 1 is 0.564 bits per heavy atom. The van der Waals surface area contributed by atoms with E-state index in [1.165, 1.54) is 0 Å². The van der Waals surface area contributed by atoms with Crippen LogP contribution in [0.1, 0.15) is 52.4 Å². The van der Waals surface area contributed by atoms with E-state index in [2.05, 4.69) is 20.5 Å². The minimum absolute atomic E-state index is 0.0514. The van der Waals surface area contributed by atoms with Crippen LogP contribution < -0.4 is 16.0 Å². The van der Waals surface area contributed by atoms with Gasteiger partial charge in [-0.1, -0.05) is 26.7 Å². The number of unbranched alkanes of at least 4 members (excludes halogenated alkanes) is 3. The van der Waals surface area contributed by atoms with Gasteiger partial charge in [0.2, 0.25) is 5.91 Å². The molecular weight excluding hydrogens is 755 g/mol. The molecule has 322 valence electrons.